The molecular weight excluding hydrogens is 400 g/mol. The molecule has 0 aliphatic carbocycles. The van der Waals surface area contributed by atoms with Crippen molar-refractivity contribution in [3.05, 3.63) is 49.3 Å². The van der Waals surface area contributed by atoms with Gasteiger partial charge in [0.05, 0.1) is 28.0 Å². The van der Waals surface area contributed by atoms with E-state index in [1.165, 1.54) is 36.9 Å². The van der Waals surface area contributed by atoms with Gasteiger partial charge in [-0.1, -0.05) is 0 Å². The number of ether oxygens (including phenoxy) is 2. The number of hydrogen-bond donors (Lipinski definition) is 1. The van der Waals surface area contributed by atoms with Gasteiger partial charge < -0.3 is 14.8 Å². The molecule has 1 aliphatic rings. The van der Waals surface area contributed by atoms with Crippen LogP contribution in [0.5, 0.6) is 11.5 Å². The summed E-state index contributed by atoms with van der Waals surface area (Å²) in [6.07, 6.45) is 1.33. The van der Waals surface area contributed by atoms with E-state index in [0.717, 1.165) is 0 Å². The fourth-order valence-electron chi connectivity index (χ4n) is 2.93. The Morgan fingerprint density at radius 1 is 1.27 bits per heavy atom. The molecule has 0 fully saturated rings. The van der Waals surface area contributed by atoms with Crippen LogP contribution in [0.3, 0.4) is 0 Å². The summed E-state index contributed by atoms with van der Waals surface area (Å²) in [4.78, 5) is 37.3. The predicted molar refractivity (Wildman–Crippen MR) is 103 cm³/mol. The van der Waals surface area contributed by atoms with E-state index >= 15 is 0 Å². The number of aryl methyl sites for hydroxylation is 1. The number of carbonyl (C=O) groups is 1. The highest BCUT2D eigenvalue weighted by Crippen LogP contribution is 2.37. The minimum Gasteiger partial charge on any atom is -0.454 e. The van der Waals surface area contributed by atoms with Crippen LogP contribution >= 0.6 is 0 Å². The fourth-order valence-corrected chi connectivity index (χ4v) is 2.93. The number of nitrogens with one attached hydrogen (secondary N) is 1. The minimum atomic E-state index is -0.543. The first-order valence-corrected chi connectivity index (χ1v) is 8.81. The molecule has 1 aromatic carbocycles. The average Bonchev–Trinajstić information content (AvgIpc) is 3.23. The standard InChI is InChI=1S/C17H18N6O7/c1-10-17(23(27)28)11(2)21(20-10)8-16(24)19-4-3-18-7-12-5-14-15(30-9-29-14)6-13(12)22(25)26/h5-7H,3-4,8-9H2,1-2H3,(H,19,24). The van der Waals surface area contributed by atoms with E-state index < -0.39 is 9.85 Å². The second kappa shape index (κ2) is 8.55. The Balaban J connectivity index is 1.55. The maximum atomic E-state index is 12.0. The largest absolute Gasteiger partial charge is 0.454 e. The molecule has 13 heteroatoms. The van der Waals surface area contributed by atoms with Crippen LogP contribution in [0.2, 0.25) is 0 Å². The molecule has 1 aromatic heterocycles. The zero-order valence-corrected chi connectivity index (χ0v) is 16.2. The first-order chi connectivity index (χ1) is 14.3. The molecule has 0 bridgehead atoms. The summed E-state index contributed by atoms with van der Waals surface area (Å²) in [5.41, 5.74) is 0.502. The third-order valence-corrected chi connectivity index (χ3v) is 4.33. The SMILES string of the molecule is Cc1nn(CC(=O)NCCN=Cc2cc3c(cc2[N+](=O)[O-])OCO3)c(C)c1[N+](=O)[O-]. The van der Waals surface area contributed by atoms with Crippen LogP contribution < -0.4 is 14.8 Å². The second-order valence-electron chi connectivity index (χ2n) is 6.34. The van der Waals surface area contributed by atoms with E-state index in [-0.39, 0.29) is 55.0 Å². The number of aromatic nitrogens is 2. The molecule has 1 amide bonds. The summed E-state index contributed by atoms with van der Waals surface area (Å²) in [5.74, 6) is 0.310. The molecule has 0 saturated carbocycles. The molecule has 13 nitrogen and oxygen atoms in total. The van der Waals surface area contributed by atoms with Gasteiger partial charge in [0.15, 0.2) is 11.5 Å². The molecule has 0 radical (unpaired) electrons. The Hall–Kier alpha value is -4.03. The van der Waals surface area contributed by atoms with Crippen molar-refractivity contribution in [3.63, 3.8) is 0 Å². The number of nitro groups is 2. The van der Waals surface area contributed by atoms with Gasteiger partial charge in [-0.25, -0.2) is 0 Å². The third kappa shape index (κ3) is 4.34. The van der Waals surface area contributed by atoms with Crippen molar-refractivity contribution in [3.8, 4) is 11.5 Å². The van der Waals surface area contributed by atoms with Crippen LogP contribution in [0, 0.1) is 34.1 Å². The highest BCUT2D eigenvalue weighted by molar-refractivity contribution is 5.87. The van der Waals surface area contributed by atoms with Gasteiger partial charge in [-0.05, 0) is 19.9 Å². The smallest absolute Gasteiger partial charge is 0.312 e. The summed E-state index contributed by atoms with van der Waals surface area (Å²) < 4.78 is 11.6. The molecule has 2 aromatic rings. The van der Waals surface area contributed by atoms with Crippen molar-refractivity contribution in [1.82, 2.24) is 15.1 Å². The Morgan fingerprint density at radius 3 is 2.60 bits per heavy atom. The summed E-state index contributed by atoms with van der Waals surface area (Å²) >= 11 is 0. The molecule has 158 valence electrons. The van der Waals surface area contributed by atoms with Gasteiger partial charge in [0.1, 0.15) is 17.9 Å². The number of aliphatic imine (C=N–C) groups is 1. The van der Waals surface area contributed by atoms with Crippen LogP contribution in [0.25, 0.3) is 0 Å². The lowest BCUT2D eigenvalue weighted by atomic mass is 10.1. The average molecular weight is 418 g/mol. The Labute approximate surface area is 169 Å². The number of rotatable bonds is 8. The minimum absolute atomic E-state index is 0.00246. The first kappa shape index (κ1) is 20.7. The van der Waals surface area contributed by atoms with E-state index in [4.69, 9.17) is 9.47 Å². The Bertz CT molecular complexity index is 1050. The molecule has 0 unspecified atom stereocenters. The number of benzene rings is 1. The lowest BCUT2D eigenvalue weighted by molar-refractivity contribution is -0.386. The van der Waals surface area contributed by atoms with Crippen molar-refractivity contribution in [2.75, 3.05) is 19.9 Å². The van der Waals surface area contributed by atoms with Crippen LogP contribution in [-0.2, 0) is 11.3 Å². The van der Waals surface area contributed by atoms with Crippen LogP contribution in [-0.4, -0.2) is 51.6 Å². The zero-order chi connectivity index (χ0) is 21.8. The van der Waals surface area contributed by atoms with E-state index in [1.54, 1.807) is 0 Å². The first-order valence-electron chi connectivity index (χ1n) is 8.81. The third-order valence-electron chi connectivity index (χ3n) is 4.33. The van der Waals surface area contributed by atoms with Crippen molar-refractivity contribution in [1.29, 1.82) is 0 Å². The van der Waals surface area contributed by atoms with Crippen molar-refractivity contribution in [2.45, 2.75) is 20.4 Å². The number of amides is 1. The van der Waals surface area contributed by atoms with Crippen LogP contribution in [0.4, 0.5) is 11.4 Å². The van der Waals surface area contributed by atoms with Gasteiger partial charge >= 0.3 is 5.69 Å². The molecule has 3 rings (SSSR count). The highest BCUT2D eigenvalue weighted by Gasteiger charge is 2.23. The second-order valence-corrected chi connectivity index (χ2v) is 6.34. The number of nitrogens with zero attached hydrogens (tertiary/aromatic N) is 5. The Morgan fingerprint density at radius 2 is 1.97 bits per heavy atom. The molecule has 0 spiro atoms. The van der Waals surface area contributed by atoms with E-state index in [0.29, 0.717) is 17.2 Å². The monoisotopic (exact) mass is 418 g/mol. The number of hydrogen-bond acceptors (Lipinski definition) is 9. The van der Waals surface area contributed by atoms with Gasteiger partial charge in [-0.3, -0.25) is 34.7 Å². The van der Waals surface area contributed by atoms with Crippen LogP contribution in [0.1, 0.15) is 17.0 Å². The molecular formula is C17H18N6O7. The summed E-state index contributed by atoms with van der Waals surface area (Å²) in [7, 11) is 0. The van der Waals surface area contributed by atoms with Gasteiger partial charge in [0, 0.05) is 12.8 Å². The zero-order valence-electron chi connectivity index (χ0n) is 16.2. The number of carbonyl (C=O) groups excluding carboxylic acids is 1. The molecule has 2 heterocycles. The Kier molecular flexibility index (Phi) is 5.90. The summed E-state index contributed by atoms with van der Waals surface area (Å²) in [5, 5.41) is 28.8. The molecule has 1 N–H and O–H groups in total. The van der Waals surface area contributed by atoms with E-state index in [2.05, 4.69) is 15.4 Å². The van der Waals surface area contributed by atoms with Gasteiger partial charge in [0.25, 0.3) is 5.69 Å². The van der Waals surface area contributed by atoms with Crippen LogP contribution in [0.15, 0.2) is 17.1 Å². The summed E-state index contributed by atoms with van der Waals surface area (Å²) in [6, 6.07) is 2.75. The normalized spacial score (nSPS) is 12.3. The molecule has 30 heavy (non-hydrogen) atoms. The van der Waals surface area contributed by atoms with E-state index in [9.17, 15) is 25.0 Å². The predicted octanol–water partition coefficient (Wildman–Crippen LogP) is 1.28. The quantitative estimate of drug-likeness (QED) is 0.290. The van der Waals surface area contributed by atoms with Gasteiger partial charge in [0.2, 0.25) is 12.7 Å². The molecule has 1 aliphatic heterocycles. The summed E-state index contributed by atoms with van der Waals surface area (Å²) in [6.45, 7) is 3.20. The lowest BCUT2D eigenvalue weighted by Gasteiger charge is -2.05. The van der Waals surface area contributed by atoms with Crippen molar-refractivity contribution in [2.24, 2.45) is 4.99 Å². The van der Waals surface area contributed by atoms with Crippen molar-refractivity contribution < 1.29 is 24.1 Å². The number of fused-ring (bicyclic) bond motifs is 1. The van der Waals surface area contributed by atoms with Crippen molar-refractivity contribution >= 4 is 23.5 Å². The number of nitro benzene ring substituents is 1. The topological polar surface area (TPSA) is 164 Å². The highest BCUT2D eigenvalue weighted by atomic mass is 16.7. The maximum absolute atomic E-state index is 12.0. The van der Waals surface area contributed by atoms with Gasteiger partial charge in [-0.15, -0.1) is 0 Å². The van der Waals surface area contributed by atoms with Gasteiger partial charge in [-0.2, -0.15) is 5.10 Å². The molecule has 0 atom stereocenters. The fraction of sp³-hybridized carbons (Fsp3) is 0.353. The lowest BCUT2D eigenvalue weighted by Crippen LogP contribution is -2.30. The maximum Gasteiger partial charge on any atom is 0.312 e. The van der Waals surface area contributed by atoms with E-state index in [1.807, 2.05) is 0 Å². The molecule has 0 saturated heterocycles.